The molecule has 19 heavy (non-hydrogen) atoms. The minimum absolute atomic E-state index is 0.254. The first kappa shape index (κ1) is 15.9. The molecular weight excluding hydrogens is 294 g/mol. The highest BCUT2D eigenvalue weighted by atomic mass is 35.7. The zero-order valence-electron chi connectivity index (χ0n) is 10.9. The Kier molecular flexibility index (Phi) is 5.33. The van der Waals surface area contributed by atoms with Crippen LogP contribution in [0.5, 0.6) is 0 Å². The summed E-state index contributed by atoms with van der Waals surface area (Å²) >= 11 is 0. The topological polar surface area (TPSA) is 90.3 Å². The molecule has 0 saturated carbocycles. The number of hydrogen-bond donors (Lipinski definition) is 1. The van der Waals surface area contributed by atoms with E-state index < -0.39 is 15.1 Å². The second kappa shape index (κ2) is 6.36. The third kappa shape index (κ3) is 4.19. The van der Waals surface area contributed by atoms with Crippen LogP contribution in [0.1, 0.15) is 18.8 Å². The van der Waals surface area contributed by atoms with Gasteiger partial charge in [0.2, 0.25) is 5.91 Å². The second-order valence-electron chi connectivity index (χ2n) is 3.93. The summed E-state index contributed by atoms with van der Waals surface area (Å²) in [6.45, 7) is 4.03. The van der Waals surface area contributed by atoms with Crippen LogP contribution in [0.3, 0.4) is 0 Å². The molecule has 0 aliphatic rings. The summed E-state index contributed by atoms with van der Waals surface area (Å²) in [5.74, 6) is 0.143. The van der Waals surface area contributed by atoms with Gasteiger partial charge in [0.1, 0.15) is 11.9 Å². The van der Waals surface area contributed by atoms with Crippen LogP contribution in [0.25, 0.3) is 0 Å². The average molecular weight is 310 g/mol. The van der Waals surface area contributed by atoms with Crippen LogP contribution in [-0.4, -0.2) is 44.1 Å². The number of nitrogens with zero attached hydrogens (tertiary/aromatic N) is 2. The molecule has 0 aromatic carbocycles. The Labute approximate surface area is 116 Å². The van der Waals surface area contributed by atoms with Gasteiger partial charge in [0.05, 0.1) is 6.61 Å². The van der Waals surface area contributed by atoms with Gasteiger partial charge in [0.15, 0.2) is 5.03 Å². The predicted molar refractivity (Wildman–Crippen MR) is 69.6 cm³/mol. The van der Waals surface area contributed by atoms with Gasteiger partial charge in [-0.15, -0.1) is 0 Å². The van der Waals surface area contributed by atoms with Gasteiger partial charge in [-0.2, -0.15) is 0 Å². The Hall–Kier alpha value is -1.12. The normalized spacial score (nSPS) is 13.3. The molecular formula is C10H16ClN3O4S. The number of aryl methyl sites for hydroxylation is 1. The van der Waals surface area contributed by atoms with Gasteiger partial charge in [-0.3, -0.25) is 4.79 Å². The molecule has 1 aromatic heterocycles. The minimum atomic E-state index is -3.90. The molecule has 0 spiro atoms. The molecule has 1 rings (SSSR count). The van der Waals surface area contributed by atoms with E-state index in [1.54, 1.807) is 13.8 Å². The Balaban J connectivity index is 2.85. The quantitative estimate of drug-likeness (QED) is 0.608. The van der Waals surface area contributed by atoms with Crippen molar-refractivity contribution in [2.24, 2.45) is 0 Å². The Morgan fingerprint density at radius 1 is 1.63 bits per heavy atom. The number of amides is 1. The first-order valence-electron chi connectivity index (χ1n) is 5.54. The lowest BCUT2D eigenvalue weighted by Gasteiger charge is -2.14. The number of rotatable bonds is 6. The van der Waals surface area contributed by atoms with Crippen molar-refractivity contribution in [2.75, 3.05) is 20.3 Å². The number of hydrogen-bond acceptors (Lipinski definition) is 5. The van der Waals surface area contributed by atoms with E-state index in [0.29, 0.717) is 19.0 Å². The molecule has 1 atom stereocenters. The van der Waals surface area contributed by atoms with Crippen molar-refractivity contribution in [3.63, 3.8) is 0 Å². The van der Waals surface area contributed by atoms with Crippen molar-refractivity contribution < 1.29 is 17.9 Å². The molecule has 0 fully saturated rings. The third-order valence-electron chi connectivity index (χ3n) is 2.55. The molecule has 1 aromatic rings. The predicted octanol–water partition coefficient (Wildman–Crippen LogP) is 0.443. The number of imidazole rings is 1. The van der Waals surface area contributed by atoms with Crippen LogP contribution in [0, 0.1) is 6.92 Å². The van der Waals surface area contributed by atoms with Crippen LogP contribution in [0.4, 0.5) is 0 Å². The number of ether oxygens (including phenoxy) is 1. The van der Waals surface area contributed by atoms with E-state index in [9.17, 15) is 13.2 Å². The molecule has 108 valence electrons. The maximum Gasteiger partial charge on any atom is 0.280 e. The molecule has 9 heteroatoms. The highest BCUT2D eigenvalue weighted by Gasteiger charge is 2.21. The van der Waals surface area contributed by atoms with Gasteiger partial charge in [-0.05, 0) is 13.8 Å². The van der Waals surface area contributed by atoms with Gasteiger partial charge in [0.25, 0.3) is 9.05 Å². The first-order chi connectivity index (χ1) is 8.77. The zero-order valence-corrected chi connectivity index (χ0v) is 12.5. The van der Waals surface area contributed by atoms with E-state index in [1.165, 1.54) is 17.9 Å². The van der Waals surface area contributed by atoms with E-state index in [0.717, 1.165) is 0 Å². The monoisotopic (exact) mass is 309 g/mol. The number of carbonyl (C=O) groups excluding carboxylic acids is 1. The number of nitrogens with one attached hydrogen (secondary N) is 1. The molecule has 0 aliphatic carbocycles. The summed E-state index contributed by atoms with van der Waals surface area (Å²) in [7, 11) is 2.85. The number of aromatic nitrogens is 2. The summed E-state index contributed by atoms with van der Waals surface area (Å²) in [6, 6.07) is -0.587. The number of methoxy groups -OCH3 is 1. The SMILES string of the molecule is COCCNC(=O)C(C)n1cc(S(=O)(=O)Cl)nc1C. The van der Waals surface area contributed by atoms with E-state index in [1.807, 2.05) is 0 Å². The van der Waals surface area contributed by atoms with E-state index >= 15 is 0 Å². The van der Waals surface area contributed by atoms with E-state index in [-0.39, 0.29) is 10.9 Å². The van der Waals surface area contributed by atoms with Gasteiger partial charge in [0, 0.05) is 30.5 Å². The maximum atomic E-state index is 11.8. The average Bonchev–Trinajstić information content (AvgIpc) is 2.70. The summed E-state index contributed by atoms with van der Waals surface area (Å²) < 4.78 is 28.6. The number of carbonyl (C=O) groups is 1. The van der Waals surface area contributed by atoms with Crippen molar-refractivity contribution in [3.05, 3.63) is 12.0 Å². The van der Waals surface area contributed by atoms with Crippen LogP contribution < -0.4 is 5.32 Å². The molecule has 7 nitrogen and oxygen atoms in total. The number of halogens is 1. The highest BCUT2D eigenvalue weighted by molar-refractivity contribution is 8.13. The summed E-state index contributed by atoms with van der Waals surface area (Å²) in [4.78, 5) is 15.7. The van der Waals surface area contributed by atoms with Gasteiger partial charge >= 0.3 is 0 Å². The molecule has 0 aliphatic heterocycles. The van der Waals surface area contributed by atoms with E-state index in [4.69, 9.17) is 15.4 Å². The Morgan fingerprint density at radius 3 is 2.74 bits per heavy atom. The lowest BCUT2D eigenvalue weighted by atomic mass is 10.3. The van der Waals surface area contributed by atoms with E-state index in [2.05, 4.69) is 10.3 Å². The first-order valence-corrected chi connectivity index (χ1v) is 7.85. The summed E-state index contributed by atoms with van der Waals surface area (Å²) in [5, 5.41) is 2.40. The van der Waals surface area contributed by atoms with Crippen LogP contribution in [-0.2, 0) is 18.6 Å². The van der Waals surface area contributed by atoms with Crippen molar-refractivity contribution in [2.45, 2.75) is 24.9 Å². The van der Waals surface area contributed by atoms with Gasteiger partial charge in [-0.25, -0.2) is 13.4 Å². The Morgan fingerprint density at radius 2 is 2.26 bits per heavy atom. The lowest BCUT2D eigenvalue weighted by molar-refractivity contribution is -0.124. The standard InChI is InChI=1S/C10H16ClN3O4S/c1-7(10(15)12-4-5-18-3)14-6-9(13-8(14)2)19(11,16)17/h6-7H,4-5H2,1-3H3,(H,12,15). The Bertz CT molecular complexity index is 555. The lowest BCUT2D eigenvalue weighted by Crippen LogP contribution is -2.33. The molecule has 1 unspecified atom stereocenters. The van der Waals surface area contributed by atoms with Crippen LogP contribution in [0.15, 0.2) is 11.2 Å². The smallest absolute Gasteiger partial charge is 0.280 e. The van der Waals surface area contributed by atoms with Gasteiger partial charge < -0.3 is 14.6 Å². The molecule has 0 bridgehead atoms. The zero-order chi connectivity index (χ0) is 14.6. The molecule has 0 saturated heterocycles. The van der Waals surface area contributed by atoms with Crippen molar-refractivity contribution in [1.82, 2.24) is 14.9 Å². The molecule has 1 amide bonds. The minimum Gasteiger partial charge on any atom is -0.383 e. The highest BCUT2D eigenvalue weighted by Crippen LogP contribution is 2.17. The maximum absolute atomic E-state index is 11.8. The molecule has 1 N–H and O–H groups in total. The third-order valence-corrected chi connectivity index (χ3v) is 3.72. The van der Waals surface area contributed by atoms with Gasteiger partial charge in [-0.1, -0.05) is 0 Å². The van der Waals surface area contributed by atoms with Crippen molar-refractivity contribution in [1.29, 1.82) is 0 Å². The molecule has 0 radical (unpaired) electrons. The van der Waals surface area contributed by atoms with Crippen LogP contribution in [0.2, 0.25) is 0 Å². The summed E-state index contributed by atoms with van der Waals surface area (Å²) in [6.07, 6.45) is 1.25. The second-order valence-corrected chi connectivity index (χ2v) is 6.44. The van der Waals surface area contributed by atoms with Crippen LogP contribution >= 0.6 is 10.7 Å². The fourth-order valence-corrected chi connectivity index (χ4v) is 2.22. The largest absolute Gasteiger partial charge is 0.383 e. The molecule has 1 heterocycles. The summed E-state index contributed by atoms with van der Waals surface area (Å²) in [5.41, 5.74) is 0. The van der Waals surface area contributed by atoms with Crippen molar-refractivity contribution in [3.8, 4) is 0 Å². The van der Waals surface area contributed by atoms with Crippen molar-refractivity contribution >= 4 is 25.6 Å². The fraction of sp³-hybridized carbons (Fsp3) is 0.600. The fourth-order valence-electron chi connectivity index (χ4n) is 1.52.